The van der Waals surface area contributed by atoms with Gasteiger partial charge in [-0.15, -0.1) is 0 Å². The van der Waals surface area contributed by atoms with Crippen LogP contribution in [0, 0.1) is 0 Å². The maximum atomic E-state index is 13.4. The maximum absolute atomic E-state index is 13.4. The number of nitrogens with one attached hydrogen (secondary N) is 1. The summed E-state index contributed by atoms with van der Waals surface area (Å²) < 4.78 is 17.7. The summed E-state index contributed by atoms with van der Waals surface area (Å²) in [6.07, 6.45) is 68.7. The number of aliphatic hydroxyl groups is 5. The van der Waals surface area contributed by atoms with Crippen molar-refractivity contribution in [3.8, 4) is 0 Å². The summed E-state index contributed by atoms with van der Waals surface area (Å²) in [5.74, 6) is -1.21. The van der Waals surface area contributed by atoms with Crippen LogP contribution in [0.1, 0.15) is 284 Å². The van der Waals surface area contributed by atoms with Gasteiger partial charge in [0, 0.05) is 6.42 Å². The number of allylic oxidation sites excluding steroid dienone is 15. The molecule has 1 heterocycles. The zero-order chi connectivity index (χ0) is 60.3. The number of rotatable bonds is 57. The molecule has 0 aromatic heterocycles. The molecule has 8 atom stereocenters. The first-order valence-corrected chi connectivity index (χ1v) is 34.0. The molecule has 0 aliphatic carbocycles. The second kappa shape index (κ2) is 58.9. The average molecular weight is 1160 g/mol. The number of ether oxygens (including phenoxy) is 3. The molecular formula is C72H125NO10. The summed E-state index contributed by atoms with van der Waals surface area (Å²) in [4.78, 5) is 26.6. The van der Waals surface area contributed by atoms with Crippen LogP contribution in [0.15, 0.2) is 97.2 Å². The molecule has 0 bridgehead atoms. The van der Waals surface area contributed by atoms with Crippen LogP contribution in [0.4, 0.5) is 0 Å². The normalized spacial score (nSPS) is 19.2. The summed E-state index contributed by atoms with van der Waals surface area (Å²) in [7, 11) is 0. The number of carbonyl (C=O) groups is 2. The minimum Gasteiger partial charge on any atom is -0.454 e. The molecule has 1 saturated heterocycles. The van der Waals surface area contributed by atoms with Gasteiger partial charge in [0.15, 0.2) is 12.4 Å². The van der Waals surface area contributed by atoms with E-state index in [0.29, 0.717) is 12.8 Å². The number of aliphatic hydroxyl groups excluding tert-OH is 5. The van der Waals surface area contributed by atoms with E-state index in [-0.39, 0.29) is 19.4 Å². The molecule has 0 spiro atoms. The van der Waals surface area contributed by atoms with Crippen LogP contribution in [0.2, 0.25) is 0 Å². The van der Waals surface area contributed by atoms with Crippen molar-refractivity contribution in [3.63, 3.8) is 0 Å². The predicted molar refractivity (Wildman–Crippen MR) is 347 cm³/mol. The van der Waals surface area contributed by atoms with E-state index >= 15 is 0 Å². The van der Waals surface area contributed by atoms with Gasteiger partial charge in [-0.05, 0) is 103 Å². The van der Waals surface area contributed by atoms with E-state index in [2.05, 4.69) is 111 Å². The van der Waals surface area contributed by atoms with Gasteiger partial charge in [-0.3, -0.25) is 9.59 Å². The minimum atomic E-state index is -1.62. The Morgan fingerprint density at radius 2 is 0.867 bits per heavy atom. The third-order valence-electron chi connectivity index (χ3n) is 15.5. The second-order valence-corrected chi connectivity index (χ2v) is 23.2. The van der Waals surface area contributed by atoms with E-state index < -0.39 is 67.4 Å². The second-order valence-electron chi connectivity index (χ2n) is 23.2. The molecule has 0 saturated carbocycles. The largest absolute Gasteiger partial charge is 0.454 e. The van der Waals surface area contributed by atoms with Crippen LogP contribution in [-0.4, -0.2) is 99.6 Å². The van der Waals surface area contributed by atoms with E-state index in [4.69, 9.17) is 14.2 Å². The predicted octanol–water partition coefficient (Wildman–Crippen LogP) is 17.1. The Hall–Kier alpha value is -3.42. The highest BCUT2D eigenvalue weighted by Gasteiger charge is 2.47. The molecule has 1 aliphatic rings. The van der Waals surface area contributed by atoms with Gasteiger partial charge in [0.25, 0.3) is 0 Å². The zero-order valence-corrected chi connectivity index (χ0v) is 53.0. The Morgan fingerprint density at radius 1 is 0.482 bits per heavy atom. The fraction of sp³-hybridized carbons (Fsp3) is 0.750. The fourth-order valence-electron chi connectivity index (χ4n) is 10.1. The molecule has 1 fully saturated rings. The molecule has 1 rings (SSSR count). The van der Waals surface area contributed by atoms with Crippen molar-refractivity contribution in [2.45, 2.75) is 333 Å². The first kappa shape index (κ1) is 77.6. The molecule has 11 nitrogen and oxygen atoms in total. The molecule has 478 valence electrons. The van der Waals surface area contributed by atoms with Gasteiger partial charge in [0.1, 0.15) is 24.4 Å². The molecular weight excluding hydrogens is 1040 g/mol. The highest BCUT2D eigenvalue weighted by molar-refractivity contribution is 5.80. The molecule has 0 aromatic carbocycles. The van der Waals surface area contributed by atoms with Crippen molar-refractivity contribution in [3.05, 3.63) is 97.2 Å². The Labute approximate surface area is 507 Å². The summed E-state index contributed by atoms with van der Waals surface area (Å²) >= 11 is 0. The standard InChI is InChI=1S/C72H125NO10/c1-4-7-10-13-16-19-22-25-27-28-29-30-31-32-33-34-35-36-37-38-39-42-45-48-51-54-57-60-67(77)83-70-69(79)68(78)66(61-74)82-72(70)81-62-63(64(75)58-55-52-49-46-43-40-24-21-18-15-12-9-6-3)73-71(80)65(76)59-56-53-50-47-44-41-26-23-20-17-14-11-8-5-2/h7,10,16,19-20,23,25,27,29-30,32-33,35-36,55,58,63-66,68-70,72,74-76,78-79H,4-6,8-9,11-15,17-18,21-22,24,26,28,31,34,37-54,56-57,59-62H2,1-3H3,(H,73,80)/b10-7-,19-16-,23-20-,27-25-,30-29-,33-32-,36-35-,58-55+. The Morgan fingerprint density at radius 3 is 1.33 bits per heavy atom. The number of hydrogen-bond acceptors (Lipinski definition) is 10. The van der Waals surface area contributed by atoms with Crippen LogP contribution in [0.3, 0.4) is 0 Å². The molecule has 1 amide bonds. The van der Waals surface area contributed by atoms with Crippen LogP contribution in [-0.2, 0) is 23.8 Å². The van der Waals surface area contributed by atoms with E-state index in [1.165, 1.54) is 116 Å². The van der Waals surface area contributed by atoms with Gasteiger partial charge in [0.2, 0.25) is 5.91 Å². The van der Waals surface area contributed by atoms with Gasteiger partial charge in [-0.25, -0.2) is 0 Å². The summed E-state index contributed by atoms with van der Waals surface area (Å²) in [6, 6.07) is -1.03. The molecule has 83 heavy (non-hydrogen) atoms. The molecule has 11 heteroatoms. The number of hydrogen-bond donors (Lipinski definition) is 6. The smallest absolute Gasteiger partial charge is 0.306 e. The first-order chi connectivity index (χ1) is 40.7. The van der Waals surface area contributed by atoms with Crippen molar-refractivity contribution in [2.24, 2.45) is 0 Å². The van der Waals surface area contributed by atoms with Gasteiger partial charge < -0.3 is 45.1 Å². The van der Waals surface area contributed by atoms with E-state index in [9.17, 15) is 35.1 Å². The molecule has 8 unspecified atom stereocenters. The zero-order valence-electron chi connectivity index (χ0n) is 53.0. The van der Waals surface area contributed by atoms with Gasteiger partial charge in [0.05, 0.1) is 25.4 Å². The molecule has 0 aromatic rings. The SMILES string of the molecule is CC/C=C\C/C=C\C/C=C\C/C=C\C/C=C\C/C=C\CCCCCCCCCCC(=O)OC1C(OCC(NC(=O)C(O)CCCCCCCC/C=C\CCCCCC)C(O)/C=C/CCCCCCCCCCCCC)OC(CO)C(O)C1O. The lowest BCUT2D eigenvalue weighted by atomic mass is 9.99. The Kier molecular flexibility index (Phi) is 55.1. The van der Waals surface area contributed by atoms with Crippen LogP contribution in [0.5, 0.6) is 0 Å². The average Bonchev–Trinajstić information content (AvgIpc) is 3.61. The summed E-state index contributed by atoms with van der Waals surface area (Å²) in [5.41, 5.74) is 0. The lowest BCUT2D eigenvalue weighted by Crippen LogP contribution is -2.61. The monoisotopic (exact) mass is 1160 g/mol. The number of amides is 1. The fourth-order valence-corrected chi connectivity index (χ4v) is 10.1. The Balaban J connectivity index is 2.60. The highest BCUT2D eigenvalue weighted by atomic mass is 16.7. The van der Waals surface area contributed by atoms with Crippen molar-refractivity contribution in [2.75, 3.05) is 13.2 Å². The third-order valence-corrected chi connectivity index (χ3v) is 15.5. The lowest BCUT2D eigenvalue weighted by Gasteiger charge is -2.41. The van der Waals surface area contributed by atoms with Crippen LogP contribution >= 0.6 is 0 Å². The van der Waals surface area contributed by atoms with Crippen LogP contribution in [0.25, 0.3) is 0 Å². The number of carbonyl (C=O) groups excluding carboxylic acids is 2. The first-order valence-electron chi connectivity index (χ1n) is 34.0. The summed E-state index contributed by atoms with van der Waals surface area (Å²) in [6.45, 7) is 5.67. The Bertz CT molecular complexity index is 1720. The summed E-state index contributed by atoms with van der Waals surface area (Å²) in [5, 5.41) is 57.1. The van der Waals surface area contributed by atoms with Gasteiger partial charge in [-0.2, -0.15) is 0 Å². The third kappa shape index (κ3) is 46.5. The van der Waals surface area contributed by atoms with E-state index in [1.54, 1.807) is 6.08 Å². The van der Waals surface area contributed by atoms with Crippen molar-refractivity contribution < 1.29 is 49.3 Å². The number of esters is 1. The van der Waals surface area contributed by atoms with E-state index in [0.717, 1.165) is 122 Å². The van der Waals surface area contributed by atoms with Crippen LogP contribution < -0.4 is 5.32 Å². The molecule has 1 aliphatic heterocycles. The minimum absolute atomic E-state index is 0.109. The van der Waals surface area contributed by atoms with Crippen molar-refractivity contribution >= 4 is 11.9 Å². The number of unbranched alkanes of at least 4 members (excludes halogenated alkanes) is 29. The molecule has 6 N–H and O–H groups in total. The lowest BCUT2D eigenvalue weighted by molar-refractivity contribution is -0.305. The molecule has 0 radical (unpaired) electrons. The van der Waals surface area contributed by atoms with Gasteiger partial charge >= 0.3 is 5.97 Å². The van der Waals surface area contributed by atoms with Crippen molar-refractivity contribution in [1.82, 2.24) is 5.32 Å². The maximum Gasteiger partial charge on any atom is 0.306 e. The van der Waals surface area contributed by atoms with Crippen molar-refractivity contribution in [1.29, 1.82) is 0 Å². The topological polar surface area (TPSA) is 175 Å². The van der Waals surface area contributed by atoms with Gasteiger partial charge in [-0.1, -0.05) is 272 Å². The highest BCUT2D eigenvalue weighted by Crippen LogP contribution is 2.26. The quantitative estimate of drug-likeness (QED) is 0.0195. The van der Waals surface area contributed by atoms with E-state index in [1.807, 2.05) is 6.08 Å².